The van der Waals surface area contributed by atoms with Crippen LogP contribution in [0.2, 0.25) is 5.02 Å². The fourth-order valence-corrected chi connectivity index (χ4v) is 3.43. The lowest BCUT2D eigenvalue weighted by Crippen LogP contribution is -2.44. The Morgan fingerprint density at radius 1 is 1.18 bits per heavy atom. The summed E-state index contributed by atoms with van der Waals surface area (Å²) in [6, 6.07) is 13.8. The largest absolute Gasteiger partial charge is 0.495 e. The van der Waals surface area contributed by atoms with Gasteiger partial charge in [0.05, 0.1) is 18.7 Å². The molecule has 1 atom stereocenters. The Morgan fingerprint density at radius 2 is 1.89 bits per heavy atom. The van der Waals surface area contributed by atoms with Crippen molar-refractivity contribution in [3.05, 3.63) is 64.7 Å². The zero-order chi connectivity index (χ0) is 20.3. The molecule has 2 aromatic rings. The van der Waals surface area contributed by atoms with Crippen LogP contribution in [-0.2, 0) is 11.2 Å². The van der Waals surface area contributed by atoms with Gasteiger partial charge in [-0.15, -0.1) is 0 Å². The standard InChI is InChI=1S/C21H21ClN2O4/c1-21(11-10-14-6-4-3-5-7-14)19(26)24(20(27)23-21)13-17(25)15-8-9-18(28-2)16(22)12-15/h3-9,12H,10-11,13H2,1-2H3,(H,23,27)/t21-/m1/s1. The van der Waals surface area contributed by atoms with Crippen molar-refractivity contribution in [1.82, 2.24) is 10.2 Å². The van der Waals surface area contributed by atoms with Gasteiger partial charge in [-0.1, -0.05) is 41.9 Å². The lowest BCUT2D eigenvalue weighted by Gasteiger charge is -2.21. The van der Waals surface area contributed by atoms with Gasteiger partial charge in [-0.05, 0) is 43.5 Å². The number of methoxy groups -OCH3 is 1. The number of ether oxygens (including phenoxy) is 1. The molecule has 6 nitrogen and oxygen atoms in total. The van der Waals surface area contributed by atoms with Crippen LogP contribution in [-0.4, -0.2) is 41.8 Å². The average Bonchev–Trinajstić information content (AvgIpc) is 2.90. The van der Waals surface area contributed by atoms with Gasteiger partial charge < -0.3 is 10.1 Å². The number of aryl methyl sites for hydroxylation is 1. The van der Waals surface area contributed by atoms with Crippen molar-refractivity contribution in [2.24, 2.45) is 0 Å². The van der Waals surface area contributed by atoms with E-state index in [2.05, 4.69) is 5.32 Å². The molecule has 3 amide bonds. The molecule has 0 saturated carbocycles. The number of hydrogen-bond donors (Lipinski definition) is 1. The molecule has 1 heterocycles. The van der Waals surface area contributed by atoms with Gasteiger partial charge in [0, 0.05) is 5.56 Å². The van der Waals surface area contributed by atoms with Crippen molar-refractivity contribution in [2.45, 2.75) is 25.3 Å². The first kappa shape index (κ1) is 19.9. The zero-order valence-electron chi connectivity index (χ0n) is 15.7. The van der Waals surface area contributed by atoms with Gasteiger partial charge in [0.1, 0.15) is 11.3 Å². The molecule has 3 rings (SSSR count). The van der Waals surface area contributed by atoms with Crippen molar-refractivity contribution in [3.8, 4) is 5.75 Å². The topological polar surface area (TPSA) is 75.7 Å². The van der Waals surface area contributed by atoms with Gasteiger partial charge in [-0.2, -0.15) is 0 Å². The van der Waals surface area contributed by atoms with E-state index in [4.69, 9.17) is 16.3 Å². The first-order valence-corrected chi connectivity index (χ1v) is 9.26. The Labute approximate surface area is 168 Å². The third-order valence-electron chi connectivity index (χ3n) is 4.88. The Balaban J connectivity index is 1.69. The van der Waals surface area contributed by atoms with Crippen molar-refractivity contribution >= 4 is 29.3 Å². The predicted octanol–water partition coefficient (Wildman–Crippen LogP) is 3.47. The molecule has 1 saturated heterocycles. The molecule has 0 unspecified atom stereocenters. The van der Waals surface area contributed by atoms with Crippen molar-refractivity contribution in [1.29, 1.82) is 0 Å². The molecule has 1 N–H and O–H groups in total. The smallest absolute Gasteiger partial charge is 0.325 e. The van der Waals surface area contributed by atoms with Gasteiger partial charge in [0.15, 0.2) is 5.78 Å². The number of nitrogens with one attached hydrogen (secondary N) is 1. The fourth-order valence-electron chi connectivity index (χ4n) is 3.17. The van der Waals surface area contributed by atoms with Crippen LogP contribution in [0.1, 0.15) is 29.3 Å². The van der Waals surface area contributed by atoms with E-state index in [0.717, 1.165) is 10.5 Å². The molecular formula is C21H21ClN2O4. The van der Waals surface area contributed by atoms with Crippen molar-refractivity contribution in [2.75, 3.05) is 13.7 Å². The summed E-state index contributed by atoms with van der Waals surface area (Å²) >= 11 is 6.06. The van der Waals surface area contributed by atoms with Crippen LogP contribution in [0.15, 0.2) is 48.5 Å². The highest BCUT2D eigenvalue weighted by atomic mass is 35.5. The minimum atomic E-state index is -1.04. The summed E-state index contributed by atoms with van der Waals surface area (Å²) in [5.74, 6) is -0.330. The lowest BCUT2D eigenvalue weighted by atomic mass is 9.93. The van der Waals surface area contributed by atoms with Gasteiger partial charge in [-0.25, -0.2) is 4.79 Å². The summed E-state index contributed by atoms with van der Waals surface area (Å²) in [7, 11) is 1.48. The summed E-state index contributed by atoms with van der Waals surface area (Å²) in [5.41, 5.74) is 0.350. The number of ketones is 1. The van der Waals surface area contributed by atoms with E-state index in [9.17, 15) is 14.4 Å². The molecule has 1 fully saturated rings. The molecular weight excluding hydrogens is 380 g/mol. The number of rotatable bonds is 7. The number of amides is 3. The highest BCUT2D eigenvalue weighted by Gasteiger charge is 2.47. The third-order valence-corrected chi connectivity index (χ3v) is 5.17. The van der Waals surface area contributed by atoms with Crippen molar-refractivity contribution < 1.29 is 19.1 Å². The second kappa shape index (κ2) is 8.02. The quantitative estimate of drug-likeness (QED) is 0.570. The Morgan fingerprint density at radius 3 is 2.54 bits per heavy atom. The molecule has 0 radical (unpaired) electrons. The Bertz CT molecular complexity index is 916. The number of urea groups is 1. The van der Waals surface area contributed by atoms with Crippen LogP contribution in [0.3, 0.4) is 0 Å². The summed E-state index contributed by atoms with van der Waals surface area (Å²) in [4.78, 5) is 38.7. The van der Waals surface area contributed by atoms with Crippen LogP contribution >= 0.6 is 11.6 Å². The highest BCUT2D eigenvalue weighted by Crippen LogP contribution is 2.27. The van der Waals surface area contributed by atoms with E-state index in [1.54, 1.807) is 19.1 Å². The zero-order valence-corrected chi connectivity index (χ0v) is 16.5. The number of nitrogens with zero attached hydrogens (tertiary/aromatic N) is 1. The van der Waals surface area contributed by atoms with Crippen LogP contribution in [0, 0.1) is 0 Å². The van der Waals surface area contributed by atoms with Crippen LogP contribution in [0.25, 0.3) is 0 Å². The third kappa shape index (κ3) is 4.02. The van der Waals surface area contributed by atoms with Gasteiger partial charge in [-0.3, -0.25) is 14.5 Å². The Hall–Kier alpha value is -2.86. The van der Waals surface area contributed by atoms with Crippen LogP contribution < -0.4 is 10.1 Å². The van der Waals surface area contributed by atoms with E-state index in [0.29, 0.717) is 29.2 Å². The summed E-state index contributed by atoms with van der Waals surface area (Å²) in [6.45, 7) is 1.35. The molecule has 0 spiro atoms. The normalized spacial score (nSPS) is 18.9. The lowest BCUT2D eigenvalue weighted by molar-refractivity contribution is -0.130. The molecule has 1 aliphatic rings. The SMILES string of the molecule is COc1ccc(C(=O)CN2C(=O)N[C@](C)(CCc3ccccc3)C2=O)cc1Cl. The fraction of sp³-hybridized carbons (Fsp3) is 0.286. The number of halogens is 1. The molecule has 0 aliphatic carbocycles. The number of carbonyl (C=O) groups excluding carboxylic acids is 3. The number of imide groups is 1. The van der Waals surface area contributed by atoms with E-state index in [1.165, 1.54) is 13.2 Å². The maximum Gasteiger partial charge on any atom is 0.325 e. The van der Waals surface area contributed by atoms with E-state index >= 15 is 0 Å². The van der Waals surface area contributed by atoms with Gasteiger partial charge >= 0.3 is 6.03 Å². The van der Waals surface area contributed by atoms with Crippen molar-refractivity contribution in [3.63, 3.8) is 0 Å². The molecule has 7 heteroatoms. The second-order valence-electron chi connectivity index (χ2n) is 6.91. The molecule has 28 heavy (non-hydrogen) atoms. The number of benzene rings is 2. The van der Waals surface area contributed by atoms with E-state index in [1.807, 2.05) is 30.3 Å². The average molecular weight is 401 g/mol. The van der Waals surface area contributed by atoms with Crippen LogP contribution in [0.4, 0.5) is 4.79 Å². The van der Waals surface area contributed by atoms with Gasteiger partial charge in [0.2, 0.25) is 0 Å². The van der Waals surface area contributed by atoms with E-state index < -0.39 is 17.5 Å². The van der Waals surface area contributed by atoms with Gasteiger partial charge in [0.25, 0.3) is 5.91 Å². The maximum absolute atomic E-state index is 12.8. The van der Waals surface area contributed by atoms with E-state index in [-0.39, 0.29) is 12.3 Å². The molecule has 1 aliphatic heterocycles. The summed E-state index contributed by atoms with van der Waals surface area (Å²) in [6.07, 6.45) is 1.08. The molecule has 0 aromatic heterocycles. The van der Waals surface area contributed by atoms with Crippen LogP contribution in [0.5, 0.6) is 5.75 Å². The highest BCUT2D eigenvalue weighted by molar-refractivity contribution is 6.32. The predicted molar refractivity (Wildman–Crippen MR) is 106 cm³/mol. The molecule has 2 aromatic carbocycles. The second-order valence-corrected chi connectivity index (χ2v) is 7.32. The number of carbonyl (C=O) groups is 3. The molecule has 0 bridgehead atoms. The summed E-state index contributed by atoms with van der Waals surface area (Å²) < 4.78 is 5.07. The first-order valence-electron chi connectivity index (χ1n) is 8.89. The minimum absolute atomic E-state index is 0.290. The summed E-state index contributed by atoms with van der Waals surface area (Å²) in [5, 5.41) is 3.02. The monoisotopic (exact) mass is 400 g/mol. The number of Topliss-reactive ketones (excluding diaryl/α,β-unsaturated/α-hetero) is 1. The minimum Gasteiger partial charge on any atom is -0.495 e. The number of hydrogen-bond acceptors (Lipinski definition) is 4. The Kier molecular flexibility index (Phi) is 5.70. The first-order chi connectivity index (χ1) is 13.3. The molecule has 146 valence electrons. The maximum atomic E-state index is 12.8.